The molecule has 0 saturated heterocycles. The van der Waals surface area contributed by atoms with Crippen molar-refractivity contribution in [1.82, 2.24) is 0 Å². The Hall–Kier alpha value is -1.57. The molecule has 1 aliphatic carbocycles. The van der Waals surface area contributed by atoms with Crippen molar-refractivity contribution in [2.75, 3.05) is 0 Å². The molecule has 0 spiro atoms. The summed E-state index contributed by atoms with van der Waals surface area (Å²) in [6, 6.07) is 0.171. The van der Waals surface area contributed by atoms with E-state index in [4.69, 9.17) is 5.73 Å². The average Bonchev–Trinajstić information content (AvgIpc) is 2.56. The van der Waals surface area contributed by atoms with Crippen LogP contribution in [0, 0.1) is 0 Å². The molecular weight excluding hydrogens is 208 g/mol. The first kappa shape index (κ1) is 11.9. The lowest BCUT2D eigenvalue weighted by molar-refractivity contribution is -0.475. The van der Waals surface area contributed by atoms with Crippen molar-refractivity contribution >= 4 is 5.71 Å². The number of fused-ring (bicyclic) bond motifs is 1. The highest BCUT2D eigenvalue weighted by atomic mass is 14.9. The molecule has 1 aliphatic heterocycles. The maximum atomic E-state index is 6.31. The van der Waals surface area contributed by atoms with Crippen LogP contribution in [0.2, 0.25) is 0 Å². The van der Waals surface area contributed by atoms with Crippen LogP contribution in [0.1, 0.15) is 34.6 Å². The van der Waals surface area contributed by atoms with E-state index >= 15 is 0 Å². The van der Waals surface area contributed by atoms with Crippen LogP contribution in [0.25, 0.3) is 0 Å². The topological polar surface area (TPSA) is 40.0 Å². The predicted octanol–water partition coefficient (Wildman–Crippen LogP) is 1.37. The largest absolute Gasteiger partial charge is 0.396 e. The summed E-state index contributed by atoms with van der Waals surface area (Å²) in [5, 5.41) is 0. The van der Waals surface area contributed by atoms with Gasteiger partial charge in [-0.15, -0.1) is 0 Å². The third-order valence-corrected chi connectivity index (χ3v) is 3.87. The molecule has 0 aromatic carbocycles. The van der Waals surface area contributed by atoms with Gasteiger partial charge in [-0.25, -0.2) is 4.99 Å². The summed E-state index contributed by atoms with van der Waals surface area (Å²) in [4.78, 5) is 3.46. The highest BCUT2D eigenvalue weighted by Crippen LogP contribution is 2.28. The quantitative estimate of drug-likeness (QED) is 0.700. The Balaban J connectivity index is 2.53. The van der Waals surface area contributed by atoms with E-state index in [0.717, 1.165) is 5.70 Å². The van der Waals surface area contributed by atoms with Gasteiger partial charge in [-0.2, -0.15) is 0 Å². The van der Waals surface area contributed by atoms with Crippen molar-refractivity contribution in [1.29, 1.82) is 0 Å². The second-order valence-corrected chi connectivity index (χ2v) is 5.11. The summed E-state index contributed by atoms with van der Waals surface area (Å²) in [5.41, 5.74) is 14.9. The van der Waals surface area contributed by atoms with Gasteiger partial charge < -0.3 is 5.73 Å². The van der Waals surface area contributed by atoms with Gasteiger partial charge in [0.15, 0.2) is 5.71 Å². The summed E-state index contributed by atoms with van der Waals surface area (Å²) in [7, 11) is 0. The minimum absolute atomic E-state index is 0.171. The lowest BCUT2D eigenvalue weighted by Gasteiger charge is -2.17. The van der Waals surface area contributed by atoms with E-state index < -0.39 is 0 Å². The summed E-state index contributed by atoms with van der Waals surface area (Å²) < 4.78 is 0. The van der Waals surface area contributed by atoms with Crippen molar-refractivity contribution < 1.29 is 4.99 Å². The van der Waals surface area contributed by atoms with Crippen molar-refractivity contribution in [3.63, 3.8) is 0 Å². The van der Waals surface area contributed by atoms with Gasteiger partial charge in [-0.05, 0) is 33.3 Å². The zero-order valence-electron chi connectivity index (χ0n) is 11.3. The molecule has 2 aliphatic rings. The zero-order chi connectivity index (χ0) is 12.7. The van der Waals surface area contributed by atoms with E-state index in [1.165, 1.54) is 33.6 Å². The molecule has 0 radical (unpaired) electrons. The molecule has 2 heteroatoms. The summed E-state index contributed by atoms with van der Waals surface area (Å²) >= 11 is 0. The lowest BCUT2D eigenvalue weighted by Crippen LogP contribution is -2.78. The molecule has 0 bridgehead atoms. The second kappa shape index (κ2) is 4.02. The van der Waals surface area contributed by atoms with Gasteiger partial charge in [-0.3, -0.25) is 0 Å². The van der Waals surface area contributed by atoms with Crippen LogP contribution in [0.3, 0.4) is 0 Å². The Morgan fingerprint density at radius 2 is 1.82 bits per heavy atom. The Bertz CT molecular complexity index is 521. The molecule has 0 aromatic heterocycles. The van der Waals surface area contributed by atoms with Gasteiger partial charge in [0.1, 0.15) is 0 Å². The van der Waals surface area contributed by atoms with E-state index in [9.17, 15) is 0 Å². The molecule has 0 amide bonds. The van der Waals surface area contributed by atoms with Crippen LogP contribution in [-0.4, -0.2) is 11.8 Å². The van der Waals surface area contributed by atoms with E-state index in [2.05, 4.69) is 51.8 Å². The molecule has 1 unspecified atom stereocenters. The molecule has 90 valence electrons. The fourth-order valence-electron chi connectivity index (χ4n) is 2.34. The Morgan fingerprint density at radius 3 is 2.41 bits per heavy atom. The molecule has 2 nitrogen and oxygen atoms in total. The second-order valence-electron chi connectivity index (χ2n) is 5.11. The average molecular weight is 229 g/mol. The fourth-order valence-corrected chi connectivity index (χ4v) is 2.34. The zero-order valence-corrected chi connectivity index (χ0v) is 11.3. The Kier molecular flexibility index (Phi) is 2.82. The summed E-state index contributed by atoms with van der Waals surface area (Å²) in [6.07, 6.45) is 4.34. The van der Waals surface area contributed by atoms with Crippen LogP contribution in [-0.2, 0) is 0 Å². The number of rotatable bonds is 1. The first-order valence-electron chi connectivity index (χ1n) is 6.07. The van der Waals surface area contributed by atoms with Crippen molar-refractivity contribution in [3.8, 4) is 0 Å². The van der Waals surface area contributed by atoms with Gasteiger partial charge in [0.2, 0.25) is 6.04 Å². The predicted molar refractivity (Wildman–Crippen MR) is 72.5 cm³/mol. The molecule has 0 aromatic rings. The smallest absolute Gasteiger partial charge is 0.217 e. The molecule has 3 N–H and O–H groups in total. The molecule has 17 heavy (non-hydrogen) atoms. The number of nitrogens with two attached hydrogens (primary N) is 1. The first-order chi connectivity index (χ1) is 7.93. The molecule has 0 saturated carbocycles. The Labute approximate surface area is 103 Å². The van der Waals surface area contributed by atoms with Crippen molar-refractivity contribution in [2.45, 2.75) is 40.7 Å². The molecule has 1 atom stereocenters. The van der Waals surface area contributed by atoms with E-state index in [1.807, 2.05) is 0 Å². The van der Waals surface area contributed by atoms with Crippen LogP contribution < -0.4 is 10.7 Å². The van der Waals surface area contributed by atoms with Crippen molar-refractivity contribution in [2.24, 2.45) is 5.73 Å². The van der Waals surface area contributed by atoms with Gasteiger partial charge in [0.05, 0.1) is 5.70 Å². The number of hydrogen-bond acceptors (Lipinski definition) is 1. The minimum atomic E-state index is 0.171. The standard InChI is InChI=1S/C15H20N2/c1-8(2)9(3)12-6-7-13-10(4)11(5)17-15(13)14(12)16/h6-7,15H,16H2,1-5H3/p+1. The lowest BCUT2D eigenvalue weighted by atomic mass is 9.89. The number of nitrogens with one attached hydrogen (secondary N) is 1. The minimum Gasteiger partial charge on any atom is -0.396 e. The SMILES string of the molecule is CC1=[NH+]C2C(N)=C(C(C)=C(C)C)C=CC2=C1C. The van der Waals surface area contributed by atoms with Crippen LogP contribution in [0.5, 0.6) is 0 Å². The Morgan fingerprint density at radius 1 is 1.18 bits per heavy atom. The third kappa shape index (κ3) is 1.78. The number of hydrogen-bond donors (Lipinski definition) is 2. The maximum Gasteiger partial charge on any atom is 0.217 e. The summed E-state index contributed by atoms with van der Waals surface area (Å²) in [6.45, 7) is 10.6. The van der Waals surface area contributed by atoms with E-state index in [-0.39, 0.29) is 6.04 Å². The first-order valence-corrected chi connectivity index (χ1v) is 6.07. The molecular formula is C15H21N2+. The van der Waals surface area contributed by atoms with Crippen LogP contribution >= 0.6 is 0 Å². The summed E-state index contributed by atoms with van der Waals surface area (Å²) in [5.74, 6) is 0. The molecule has 0 fully saturated rings. The maximum absolute atomic E-state index is 6.31. The molecule has 1 heterocycles. The molecule has 2 rings (SSSR count). The van der Waals surface area contributed by atoms with E-state index in [0.29, 0.717) is 0 Å². The highest BCUT2D eigenvalue weighted by Gasteiger charge is 2.33. The highest BCUT2D eigenvalue weighted by molar-refractivity contribution is 5.96. The van der Waals surface area contributed by atoms with Crippen LogP contribution in [0.15, 0.2) is 45.7 Å². The van der Waals surface area contributed by atoms with Gasteiger partial charge >= 0.3 is 0 Å². The van der Waals surface area contributed by atoms with Gasteiger partial charge in [-0.1, -0.05) is 17.7 Å². The normalized spacial score (nSPS) is 22.9. The third-order valence-electron chi connectivity index (χ3n) is 3.87. The fraction of sp³-hybridized carbons (Fsp3) is 0.400. The van der Waals surface area contributed by atoms with Gasteiger partial charge in [0.25, 0.3) is 0 Å². The van der Waals surface area contributed by atoms with Crippen molar-refractivity contribution in [3.05, 3.63) is 45.7 Å². The van der Waals surface area contributed by atoms with E-state index in [1.54, 1.807) is 0 Å². The monoisotopic (exact) mass is 229 g/mol. The van der Waals surface area contributed by atoms with Crippen LogP contribution in [0.4, 0.5) is 0 Å². The van der Waals surface area contributed by atoms with Gasteiger partial charge in [0, 0.05) is 23.6 Å². The number of allylic oxidation sites excluding steroid dienone is 5.